The van der Waals surface area contributed by atoms with Crippen LogP contribution in [-0.2, 0) is 4.79 Å². The highest BCUT2D eigenvalue weighted by Crippen LogP contribution is 2.26. The fourth-order valence-corrected chi connectivity index (χ4v) is 3.12. The summed E-state index contributed by atoms with van der Waals surface area (Å²) in [5, 5.41) is 3.05. The van der Waals surface area contributed by atoms with E-state index in [1.807, 2.05) is 12.1 Å². The van der Waals surface area contributed by atoms with E-state index in [2.05, 4.69) is 44.1 Å². The molecule has 1 N–H and O–H groups in total. The fourth-order valence-electron chi connectivity index (χ4n) is 3.12. The Balaban J connectivity index is 1.88. The smallest absolute Gasteiger partial charge is 0.238 e. The lowest BCUT2D eigenvalue weighted by molar-refractivity contribution is -0.117. The summed E-state index contributed by atoms with van der Waals surface area (Å²) in [7, 11) is 2.07. The first-order valence-electron chi connectivity index (χ1n) is 8.03. The zero-order valence-electron chi connectivity index (χ0n) is 13.8. The minimum atomic E-state index is 0.0878. The Hall–Kier alpha value is -1.35. The van der Waals surface area contributed by atoms with Gasteiger partial charge in [-0.15, -0.1) is 0 Å². The molecule has 0 radical (unpaired) electrons. The average Bonchev–Trinajstić information content (AvgIpc) is 2.44. The number of benzene rings is 1. The van der Waals surface area contributed by atoms with Crippen LogP contribution >= 0.6 is 0 Å². The van der Waals surface area contributed by atoms with Gasteiger partial charge in [0.05, 0.1) is 6.54 Å². The van der Waals surface area contributed by atoms with Crippen LogP contribution in [-0.4, -0.2) is 30.4 Å². The fraction of sp³-hybridized carbons (Fsp3) is 0.611. The molecule has 1 aromatic carbocycles. The van der Waals surface area contributed by atoms with Gasteiger partial charge in [-0.3, -0.25) is 9.69 Å². The summed E-state index contributed by atoms with van der Waals surface area (Å²) in [6.07, 6.45) is 5.00. The molecule has 1 fully saturated rings. The third-order valence-corrected chi connectivity index (χ3v) is 4.88. The summed E-state index contributed by atoms with van der Waals surface area (Å²) >= 11 is 0. The van der Waals surface area contributed by atoms with Crippen molar-refractivity contribution in [2.24, 2.45) is 5.92 Å². The van der Waals surface area contributed by atoms with Crippen LogP contribution in [0.2, 0.25) is 0 Å². The Bertz CT molecular complexity index is 490. The van der Waals surface area contributed by atoms with Gasteiger partial charge in [-0.25, -0.2) is 0 Å². The van der Waals surface area contributed by atoms with E-state index in [4.69, 9.17) is 0 Å². The van der Waals surface area contributed by atoms with Gasteiger partial charge in [-0.2, -0.15) is 0 Å². The lowest BCUT2D eigenvalue weighted by Gasteiger charge is -2.33. The zero-order chi connectivity index (χ0) is 15.4. The third-order valence-electron chi connectivity index (χ3n) is 4.88. The first kappa shape index (κ1) is 16.0. The molecule has 3 heteroatoms. The summed E-state index contributed by atoms with van der Waals surface area (Å²) in [5.41, 5.74) is 3.30. The molecule has 0 aromatic heterocycles. The highest BCUT2D eigenvalue weighted by atomic mass is 16.2. The number of hydrogen-bond donors (Lipinski definition) is 1. The number of hydrogen-bond acceptors (Lipinski definition) is 2. The van der Waals surface area contributed by atoms with Crippen molar-refractivity contribution in [3.63, 3.8) is 0 Å². The third kappa shape index (κ3) is 4.31. The minimum absolute atomic E-state index is 0.0878. The molecule has 3 nitrogen and oxygen atoms in total. The first-order chi connectivity index (χ1) is 9.97. The summed E-state index contributed by atoms with van der Waals surface area (Å²) in [6.45, 7) is 6.92. The van der Waals surface area contributed by atoms with E-state index in [0.29, 0.717) is 12.6 Å². The average molecular weight is 288 g/mol. The maximum atomic E-state index is 12.2. The van der Waals surface area contributed by atoms with Crippen molar-refractivity contribution < 1.29 is 4.79 Å². The number of nitrogens with one attached hydrogen (secondary N) is 1. The van der Waals surface area contributed by atoms with Gasteiger partial charge in [0, 0.05) is 11.7 Å². The Labute approximate surface area is 128 Å². The molecule has 1 amide bonds. The van der Waals surface area contributed by atoms with Crippen LogP contribution in [0.5, 0.6) is 0 Å². The van der Waals surface area contributed by atoms with Crippen molar-refractivity contribution in [2.75, 3.05) is 18.9 Å². The lowest BCUT2D eigenvalue weighted by atomic mass is 9.87. The number of amides is 1. The molecule has 0 spiro atoms. The second kappa shape index (κ2) is 7.08. The van der Waals surface area contributed by atoms with Gasteiger partial charge in [0.15, 0.2) is 0 Å². The van der Waals surface area contributed by atoms with Crippen molar-refractivity contribution >= 4 is 11.6 Å². The molecule has 21 heavy (non-hydrogen) atoms. The Kier molecular flexibility index (Phi) is 5.40. The van der Waals surface area contributed by atoms with Crippen molar-refractivity contribution in [3.8, 4) is 0 Å². The maximum absolute atomic E-state index is 12.2. The molecule has 0 unspecified atom stereocenters. The quantitative estimate of drug-likeness (QED) is 0.915. The zero-order valence-corrected chi connectivity index (χ0v) is 13.8. The van der Waals surface area contributed by atoms with Crippen LogP contribution in [0.1, 0.15) is 43.7 Å². The van der Waals surface area contributed by atoms with Crippen LogP contribution in [0.15, 0.2) is 18.2 Å². The van der Waals surface area contributed by atoms with Crippen LogP contribution in [0.25, 0.3) is 0 Å². The molecule has 0 atom stereocenters. The molecule has 0 bridgehead atoms. The molecule has 2 rings (SSSR count). The highest BCUT2D eigenvalue weighted by molar-refractivity contribution is 5.93. The van der Waals surface area contributed by atoms with Gasteiger partial charge < -0.3 is 5.32 Å². The van der Waals surface area contributed by atoms with E-state index in [-0.39, 0.29) is 5.91 Å². The van der Waals surface area contributed by atoms with E-state index in [0.717, 1.165) is 17.2 Å². The normalized spacial score (nSPS) is 22.3. The molecule has 0 heterocycles. The van der Waals surface area contributed by atoms with Crippen LogP contribution in [0, 0.1) is 19.8 Å². The summed E-state index contributed by atoms with van der Waals surface area (Å²) in [4.78, 5) is 14.5. The molecule has 0 aliphatic heterocycles. The van der Waals surface area contributed by atoms with Crippen molar-refractivity contribution in [1.29, 1.82) is 0 Å². The van der Waals surface area contributed by atoms with Gasteiger partial charge in [-0.1, -0.05) is 19.1 Å². The molecule has 1 saturated carbocycles. The monoisotopic (exact) mass is 288 g/mol. The Morgan fingerprint density at radius 2 is 1.90 bits per heavy atom. The molecular formula is C18H28N2O. The summed E-state index contributed by atoms with van der Waals surface area (Å²) in [5.74, 6) is 0.934. The number of carbonyl (C=O) groups is 1. The van der Waals surface area contributed by atoms with Gasteiger partial charge in [-0.05, 0) is 69.7 Å². The number of aryl methyl sites for hydroxylation is 1. The van der Waals surface area contributed by atoms with Crippen LogP contribution in [0.4, 0.5) is 5.69 Å². The number of carbonyl (C=O) groups excluding carboxylic acids is 1. The molecule has 116 valence electrons. The van der Waals surface area contributed by atoms with Gasteiger partial charge in [0.1, 0.15) is 0 Å². The molecule has 1 aliphatic carbocycles. The van der Waals surface area contributed by atoms with Gasteiger partial charge in [0.2, 0.25) is 5.91 Å². The van der Waals surface area contributed by atoms with E-state index < -0.39 is 0 Å². The van der Waals surface area contributed by atoms with Crippen molar-refractivity contribution in [1.82, 2.24) is 4.90 Å². The SMILES string of the molecule is Cc1cccc(NC(=O)CN(C)C2CCC(C)CC2)c1C. The van der Waals surface area contributed by atoms with Crippen molar-refractivity contribution in [2.45, 2.75) is 52.5 Å². The number of rotatable bonds is 4. The predicted octanol–water partition coefficient (Wildman–Crippen LogP) is 3.75. The Morgan fingerprint density at radius 3 is 2.57 bits per heavy atom. The van der Waals surface area contributed by atoms with E-state index in [9.17, 15) is 4.79 Å². The van der Waals surface area contributed by atoms with Crippen molar-refractivity contribution in [3.05, 3.63) is 29.3 Å². The van der Waals surface area contributed by atoms with Crippen LogP contribution in [0.3, 0.4) is 0 Å². The standard InChI is InChI=1S/C18H28N2O/c1-13-8-10-16(11-9-13)20(4)12-18(21)19-17-7-5-6-14(2)15(17)3/h5-7,13,16H,8-12H2,1-4H3,(H,19,21). The van der Waals surface area contributed by atoms with E-state index in [1.54, 1.807) is 0 Å². The molecule has 1 aromatic rings. The summed E-state index contributed by atoms with van der Waals surface area (Å²) < 4.78 is 0. The predicted molar refractivity (Wildman–Crippen MR) is 88.6 cm³/mol. The van der Waals surface area contributed by atoms with Gasteiger partial charge in [0.25, 0.3) is 0 Å². The molecule has 0 saturated heterocycles. The summed E-state index contributed by atoms with van der Waals surface area (Å²) in [6, 6.07) is 6.60. The second-order valence-corrected chi connectivity index (χ2v) is 6.62. The van der Waals surface area contributed by atoms with E-state index in [1.165, 1.54) is 31.2 Å². The second-order valence-electron chi connectivity index (χ2n) is 6.62. The molecular weight excluding hydrogens is 260 g/mol. The first-order valence-corrected chi connectivity index (χ1v) is 8.03. The molecule has 1 aliphatic rings. The lowest BCUT2D eigenvalue weighted by Crippen LogP contribution is -2.39. The number of likely N-dealkylation sites (N-methyl/N-ethyl adjacent to an activating group) is 1. The van der Waals surface area contributed by atoms with E-state index >= 15 is 0 Å². The highest BCUT2D eigenvalue weighted by Gasteiger charge is 2.23. The topological polar surface area (TPSA) is 32.3 Å². The largest absolute Gasteiger partial charge is 0.325 e. The van der Waals surface area contributed by atoms with Crippen LogP contribution < -0.4 is 5.32 Å². The maximum Gasteiger partial charge on any atom is 0.238 e. The van der Waals surface area contributed by atoms with Gasteiger partial charge >= 0.3 is 0 Å². The minimum Gasteiger partial charge on any atom is -0.325 e. The Morgan fingerprint density at radius 1 is 1.24 bits per heavy atom. The number of anilines is 1. The number of nitrogens with zero attached hydrogens (tertiary/aromatic N) is 1.